The van der Waals surface area contributed by atoms with Crippen LogP contribution in [0.5, 0.6) is 0 Å². The third kappa shape index (κ3) is 3.79. The van der Waals surface area contributed by atoms with Gasteiger partial charge in [-0.15, -0.1) is 0 Å². The fourth-order valence-corrected chi connectivity index (χ4v) is 4.06. The Morgan fingerprint density at radius 1 is 0.900 bits per heavy atom. The van der Waals surface area contributed by atoms with E-state index < -0.39 is 12.1 Å². The molecule has 3 aromatic carbocycles. The molecule has 0 bridgehead atoms. The number of carbonyl (C=O) groups is 2. The molecule has 1 aliphatic carbocycles. The van der Waals surface area contributed by atoms with Crippen molar-refractivity contribution in [3.63, 3.8) is 0 Å². The lowest BCUT2D eigenvalue weighted by atomic mass is 9.98. The maximum atomic E-state index is 13.0. The average Bonchev–Trinajstić information content (AvgIpc) is 3.07. The fourth-order valence-electron chi connectivity index (χ4n) is 4.06. The van der Waals surface area contributed by atoms with Crippen molar-refractivity contribution in [3.05, 3.63) is 89.5 Å². The highest BCUT2D eigenvalue weighted by Gasteiger charge is 2.30. The number of amides is 1. The third-order valence-corrected chi connectivity index (χ3v) is 5.51. The molecule has 1 N–H and O–H groups in total. The first-order chi connectivity index (χ1) is 14.6. The van der Waals surface area contributed by atoms with Crippen molar-refractivity contribution in [2.24, 2.45) is 0 Å². The molecule has 0 unspecified atom stereocenters. The first-order valence-corrected chi connectivity index (χ1v) is 9.96. The molecule has 30 heavy (non-hydrogen) atoms. The van der Waals surface area contributed by atoms with Crippen LogP contribution in [0.4, 0.5) is 10.5 Å². The van der Waals surface area contributed by atoms with Crippen molar-refractivity contribution in [3.8, 4) is 11.1 Å². The SMILES string of the molecule is Cc1ccccc1N(CCC(=O)O)C(=O)OCC1c2ccccc2-c2ccccc21. The number of fused-ring (bicyclic) bond motifs is 3. The van der Waals surface area contributed by atoms with Crippen molar-refractivity contribution < 1.29 is 19.4 Å². The van der Waals surface area contributed by atoms with Gasteiger partial charge in [0.1, 0.15) is 6.61 Å². The molecule has 0 atom stereocenters. The lowest BCUT2D eigenvalue weighted by molar-refractivity contribution is -0.136. The van der Waals surface area contributed by atoms with Gasteiger partial charge in [-0.3, -0.25) is 9.69 Å². The summed E-state index contributed by atoms with van der Waals surface area (Å²) in [5.41, 5.74) is 6.15. The maximum Gasteiger partial charge on any atom is 0.414 e. The summed E-state index contributed by atoms with van der Waals surface area (Å²) in [4.78, 5) is 25.5. The minimum absolute atomic E-state index is 0.0421. The number of rotatable bonds is 6. The Morgan fingerprint density at radius 2 is 1.47 bits per heavy atom. The lowest BCUT2D eigenvalue weighted by Crippen LogP contribution is -2.35. The molecule has 1 aliphatic rings. The summed E-state index contributed by atoms with van der Waals surface area (Å²) in [5, 5.41) is 9.10. The van der Waals surface area contributed by atoms with Gasteiger partial charge in [0.25, 0.3) is 0 Å². The monoisotopic (exact) mass is 401 g/mol. The molecule has 0 spiro atoms. The fraction of sp³-hybridized carbons (Fsp3) is 0.200. The third-order valence-electron chi connectivity index (χ3n) is 5.51. The molecular weight excluding hydrogens is 378 g/mol. The van der Waals surface area contributed by atoms with Gasteiger partial charge in [-0.2, -0.15) is 0 Å². The predicted molar refractivity (Wildman–Crippen MR) is 116 cm³/mol. The van der Waals surface area contributed by atoms with Crippen LogP contribution in [0.1, 0.15) is 29.0 Å². The van der Waals surface area contributed by atoms with Gasteiger partial charge in [0.05, 0.1) is 6.42 Å². The molecule has 0 aromatic heterocycles. The van der Waals surface area contributed by atoms with Crippen molar-refractivity contribution >= 4 is 17.7 Å². The molecule has 152 valence electrons. The molecule has 0 heterocycles. The molecule has 0 saturated heterocycles. The van der Waals surface area contributed by atoms with E-state index in [0.717, 1.165) is 27.8 Å². The number of aryl methyl sites for hydroxylation is 1. The minimum atomic E-state index is -0.958. The molecule has 0 saturated carbocycles. The van der Waals surface area contributed by atoms with Crippen LogP contribution in [0.3, 0.4) is 0 Å². The standard InChI is InChI=1S/C25H23NO4/c1-17-8-2-7-13-23(17)26(15-14-24(27)28)25(29)30-16-22-20-11-5-3-9-18(20)19-10-4-6-12-21(19)22/h2-13,22H,14-16H2,1H3,(H,27,28). The summed E-state index contributed by atoms with van der Waals surface area (Å²) in [5.74, 6) is -1.00. The van der Waals surface area contributed by atoms with Gasteiger partial charge in [-0.1, -0.05) is 66.7 Å². The second kappa shape index (κ2) is 8.41. The highest BCUT2D eigenvalue weighted by Crippen LogP contribution is 2.44. The van der Waals surface area contributed by atoms with Crippen LogP contribution >= 0.6 is 0 Å². The Kier molecular flexibility index (Phi) is 5.53. The average molecular weight is 401 g/mol. The van der Waals surface area contributed by atoms with Gasteiger partial charge in [0.15, 0.2) is 0 Å². The normalized spacial score (nSPS) is 12.2. The maximum absolute atomic E-state index is 13.0. The molecule has 3 aromatic rings. The Hall–Kier alpha value is -3.60. The summed E-state index contributed by atoms with van der Waals surface area (Å²) >= 11 is 0. The van der Waals surface area contributed by atoms with Crippen LogP contribution in [-0.2, 0) is 9.53 Å². The Balaban J connectivity index is 1.56. The zero-order valence-electron chi connectivity index (χ0n) is 16.7. The van der Waals surface area contributed by atoms with Crippen LogP contribution in [0.25, 0.3) is 11.1 Å². The minimum Gasteiger partial charge on any atom is -0.481 e. The second-order valence-electron chi connectivity index (χ2n) is 7.39. The van der Waals surface area contributed by atoms with Crippen molar-refractivity contribution in [1.29, 1.82) is 0 Å². The molecule has 4 rings (SSSR count). The summed E-state index contributed by atoms with van der Waals surface area (Å²) < 4.78 is 5.74. The summed E-state index contributed by atoms with van der Waals surface area (Å²) in [7, 11) is 0. The number of nitrogens with zero attached hydrogens (tertiary/aromatic N) is 1. The molecule has 1 amide bonds. The summed E-state index contributed by atoms with van der Waals surface area (Å²) in [6.45, 7) is 2.14. The molecule has 5 nitrogen and oxygen atoms in total. The van der Waals surface area contributed by atoms with E-state index in [1.54, 1.807) is 6.07 Å². The second-order valence-corrected chi connectivity index (χ2v) is 7.39. The van der Waals surface area contributed by atoms with Gasteiger partial charge >= 0.3 is 12.1 Å². The van der Waals surface area contributed by atoms with Crippen LogP contribution in [0.2, 0.25) is 0 Å². The molecule has 0 aliphatic heterocycles. The number of hydrogen-bond donors (Lipinski definition) is 1. The van der Waals surface area contributed by atoms with Gasteiger partial charge in [-0.05, 0) is 40.8 Å². The lowest BCUT2D eigenvalue weighted by Gasteiger charge is -2.24. The van der Waals surface area contributed by atoms with E-state index in [1.807, 2.05) is 49.4 Å². The van der Waals surface area contributed by atoms with Gasteiger partial charge in [0.2, 0.25) is 0 Å². The number of carboxylic acids is 1. The molecule has 5 heteroatoms. The summed E-state index contributed by atoms with van der Waals surface area (Å²) in [6.07, 6.45) is -0.689. The van der Waals surface area contributed by atoms with E-state index in [-0.39, 0.29) is 25.5 Å². The highest BCUT2D eigenvalue weighted by atomic mass is 16.6. The van der Waals surface area contributed by atoms with Crippen LogP contribution in [-0.4, -0.2) is 30.3 Å². The van der Waals surface area contributed by atoms with Gasteiger partial charge in [-0.25, -0.2) is 4.79 Å². The number of hydrogen-bond acceptors (Lipinski definition) is 3. The summed E-state index contributed by atoms with van der Waals surface area (Å²) in [6, 6.07) is 23.7. The Bertz CT molecular complexity index is 1050. The smallest absolute Gasteiger partial charge is 0.414 e. The largest absolute Gasteiger partial charge is 0.481 e. The first-order valence-electron chi connectivity index (χ1n) is 9.96. The number of aliphatic carboxylic acids is 1. The number of carboxylic acid groups (broad SMARTS) is 1. The number of para-hydroxylation sites is 1. The van der Waals surface area contributed by atoms with E-state index in [9.17, 15) is 9.59 Å². The first kappa shape index (κ1) is 19.7. The quantitative estimate of drug-likeness (QED) is 0.615. The van der Waals surface area contributed by atoms with Gasteiger partial charge in [0, 0.05) is 18.2 Å². The Labute approximate surface area is 175 Å². The topological polar surface area (TPSA) is 66.8 Å². The number of anilines is 1. The number of benzene rings is 3. The van der Waals surface area contributed by atoms with Crippen molar-refractivity contribution in [2.45, 2.75) is 19.3 Å². The van der Waals surface area contributed by atoms with Crippen LogP contribution < -0.4 is 4.90 Å². The predicted octanol–water partition coefficient (Wildman–Crippen LogP) is 5.23. The molecular formula is C25H23NO4. The van der Waals surface area contributed by atoms with E-state index in [4.69, 9.17) is 9.84 Å². The Morgan fingerprint density at radius 3 is 2.07 bits per heavy atom. The zero-order chi connectivity index (χ0) is 21.1. The van der Waals surface area contributed by atoms with E-state index >= 15 is 0 Å². The van der Waals surface area contributed by atoms with Crippen molar-refractivity contribution in [1.82, 2.24) is 0 Å². The van der Waals surface area contributed by atoms with E-state index in [1.165, 1.54) is 4.90 Å². The highest BCUT2D eigenvalue weighted by molar-refractivity contribution is 5.89. The van der Waals surface area contributed by atoms with Crippen LogP contribution in [0, 0.1) is 6.92 Å². The van der Waals surface area contributed by atoms with E-state index in [2.05, 4.69) is 24.3 Å². The number of carbonyl (C=O) groups excluding carboxylic acids is 1. The molecule has 0 fully saturated rings. The van der Waals surface area contributed by atoms with Gasteiger partial charge < -0.3 is 9.84 Å². The zero-order valence-corrected chi connectivity index (χ0v) is 16.7. The van der Waals surface area contributed by atoms with E-state index in [0.29, 0.717) is 5.69 Å². The molecule has 0 radical (unpaired) electrons. The van der Waals surface area contributed by atoms with Crippen molar-refractivity contribution in [2.75, 3.05) is 18.1 Å². The van der Waals surface area contributed by atoms with Crippen LogP contribution in [0.15, 0.2) is 72.8 Å². The number of ether oxygens (including phenoxy) is 1.